The van der Waals surface area contributed by atoms with Crippen LogP contribution in [-0.4, -0.2) is 44.0 Å². The Bertz CT molecular complexity index is 687. The van der Waals surface area contributed by atoms with E-state index >= 15 is 0 Å². The summed E-state index contributed by atoms with van der Waals surface area (Å²) >= 11 is 3.36. The van der Waals surface area contributed by atoms with E-state index in [1.807, 2.05) is 24.4 Å². The second-order valence-corrected chi connectivity index (χ2v) is 6.48. The highest BCUT2D eigenvalue weighted by Crippen LogP contribution is 2.57. The number of pyridine rings is 1. The highest BCUT2D eigenvalue weighted by atomic mass is 79.9. The molecule has 108 valence electrons. The first kappa shape index (κ1) is 12.8. The smallest absolute Gasteiger partial charge is 0.407 e. The Morgan fingerprint density at radius 1 is 1.29 bits per heavy atom. The molecular weight excluding hydrogens is 336 g/mol. The molecule has 4 rings (SSSR count). The molecule has 2 fully saturated rings. The van der Waals surface area contributed by atoms with Gasteiger partial charge in [0.05, 0.1) is 5.69 Å². The SMILES string of the molecule is O=C(O)N1C[C@@H]2C(c3ccn(-c4ccc(Br)cn4)n3)[C@@H]2C1. The fraction of sp³-hybridized carbons (Fsp3) is 0.357. The van der Waals surface area contributed by atoms with Gasteiger partial charge >= 0.3 is 6.09 Å². The van der Waals surface area contributed by atoms with E-state index in [2.05, 4.69) is 26.0 Å². The largest absolute Gasteiger partial charge is 0.465 e. The molecule has 0 aromatic carbocycles. The van der Waals surface area contributed by atoms with Crippen LogP contribution >= 0.6 is 15.9 Å². The predicted molar refractivity (Wildman–Crippen MR) is 78.4 cm³/mol. The summed E-state index contributed by atoms with van der Waals surface area (Å²) in [6.07, 6.45) is 2.84. The van der Waals surface area contributed by atoms with Crippen molar-refractivity contribution in [2.24, 2.45) is 11.8 Å². The van der Waals surface area contributed by atoms with E-state index in [0.29, 0.717) is 30.8 Å². The molecule has 1 amide bonds. The number of amides is 1. The van der Waals surface area contributed by atoms with Crippen molar-refractivity contribution in [3.05, 3.63) is 40.8 Å². The minimum Gasteiger partial charge on any atom is -0.465 e. The molecular formula is C14H13BrN4O2. The highest BCUT2D eigenvalue weighted by Gasteiger charge is 2.58. The monoisotopic (exact) mass is 348 g/mol. The summed E-state index contributed by atoms with van der Waals surface area (Å²) in [4.78, 5) is 16.7. The van der Waals surface area contributed by atoms with Crippen LogP contribution in [0.4, 0.5) is 4.79 Å². The summed E-state index contributed by atoms with van der Waals surface area (Å²) in [6.45, 7) is 1.27. The zero-order chi connectivity index (χ0) is 14.6. The molecule has 0 bridgehead atoms. The molecule has 1 aliphatic carbocycles. The lowest BCUT2D eigenvalue weighted by atomic mass is 10.2. The topological polar surface area (TPSA) is 71.2 Å². The van der Waals surface area contributed by atoms with Gasteiger partial charge < -0.3 is 10.0 Å². The van der Waals surface area contributed by atoms with Gasteiger partial charge in [0.25, 0.3) is 0 Å². The quantitative estimate of drug-likeness (QED) is 0.904. The van der Waals surface area contributed by atoms with Gasteiger partial charge in [0, 0.05) is 35.9 Å². The van der Waals surface area contributed by atoms with Crippen molar-refractivity contribution in [3.8, 4) is 5.82 Å². The van der Waals surface area contributed by atoms with Crippen LogP contribution in [0, 0.1) is 11.8 Å². The van der Waals surface area contributed by atoms with Gasteiger partial charge in [0.15, 0.2) is 5.82 Å². The molecule has 0 spiro atoms. The van der Waals surface area contributed by atoms with Gasteiger partial charge in [-0.05, 0) is 46.0 Å². The zero-order valence-corrected chi connectivity index (χ0v) is 12.6. The van der Waals surface area contributed by atoms with Crippen molar-refractivity contribution in [2.75, 3.05) is 13.1 Å². The maximum atomic E-state index is 10.9. The fourth-order valence-electron chi connectivity index (χ4n) is 3.27. The maximum Gasteiger partial charge on any atom is 0.407 e. The van der Waals surface area contributed by atoms with Crippen LogP contribution in [0.3, 0.4) is 0 Å². The van der Waals surface area contributed by atoms with E-state index in [-0.39, 0.29) is 0 Å². The van der Waals surface area contributed by atoms with Crippen molar-refractivity contribution in [1.29, 1.82) is 0 Å². The summed E-state index contributed by atoms with van der Waals surface area (Å²) in [5.74, 6) is 2.05. The van der Waals surface area contributed by atoms with Crippen LogP contribution < -0.4 is 0 Å². The lowest BCUT2D eigenvalue weighted by molar-refractivity contribution is 0.150. The summed E-state index contributed by atoms with van der Waals surface area (Å²) in [5.41, 5.74) is 1.04. The molecule has 1 unspecified atom stereocenters. The minimum atomic E-state index is -0.814. The number of halogens is 1. The van der Waals surface area contributed by atoms with Crippen molar-refractivity contribution >= 4 is 22.0 Å². The Morgan fingerprint density at radius 2 is 2.05 bits per heavy atom. The average molecular weight is 349 g/mol. The molecule has 2 aromatic heterocycles. The Hall–Kier alpha value is -1.89. The number of nitrogens with zero attached hydrogens (tertiary/aromatic N) is 4. The van der Waals surface area contributed by atoms with Crippen LogP contribution in [0.25, 0.3) is 5.82 Å². The van der Waals surface area contributed by atoms with E-state index in [9.17, 15) is 4.79 Å². The number of carboxylic acid groups (broad SMARTS) is 1. The first-order chi connectivity index (χ1) is 10.1. The van der Waals surface area contributed by atoms with E-state index in [1.165, 1.54) is 4.90 Å². The number of hydrogen-bond acceptors (Lipinski definition) is 3. The lowest BCUT2D eigenvalue weighted by Gasteiger charge is -2.14. The molecule has 0 radical (unpaired) electrons. The molecule has 21 heavy (non-hydrogen) atoms. The van der Waals surface area contributed by atoms with Gasteiger partial charge in [-0.25, -0.2) is 14.5 Å². The van der Waals surface area contributed by atoms with E-state index in [0.717, 1.165) is 16.0 Å². The minimum absolute atomic E-state index is 0.400. The normalized spacial score (nSPS) is 26.7. The van der Waals surface area contributed by atoms with Crippen molar-refractivity contribution in [1.82, 2.24) is 19.7 Å². The zero-order valence-electron chi connectivity index (χ0n) is 11.1. The van der Waals surface area contributed by atoms with Crippen LogP contribution in [0.15, 0.2) is 35.1 Å². The number of carbonyl (C=O) groups is 1. The first-order valence-corrected chi connectivity index (χ1v) is 7.58. The molecule has 1 aliphatic heterocycles. The van der Waals surface area contributed by atoms with E-state index < -0.39 is 6.09 Å². The summed E-state index contributed by atoms with van der Waals surface area (Å²) < 4.78 is 2.70. The maximum absolute atomic E-state index is 10.9. The average Bonchev–Trinajstić information content (AvgIpc) is 2.87. The fourth-order valence-corrected chi connectivity index (χ4v) is 3.50. The first-order valence-electron chi connectivity index (χ1n) is 6.79. The van der Waals surface area contributed by atoms with Gasteiger partial charge in [0.1, 0.15) is 0 Å². The number of fused-ring (bicyclic) bond motifs is 1. The Balaban J connectivity index is 1.50. The van der Waals surface area contributed by atoms with Gasteiger partial charge in [-0.2, -0.15) is 5.10 Å². The van der Waals surface area contributed by atoms with Crippen molar-refractivity contribution in [2.45, 2.75) is 5.92 Å². The molecule has 1 saturated carbocycles. The number of piperidine rings is 1. The van der Waals surface area contributed by atoms with Gasteiger partial charge in [0.2, 0.25) is 0 Å². The summed E-state index contributed by atoms with van der Waals surface area (Å²) in [6, 6.07) is 5.85. The van der Waals surface area contributed by atoms with Gasteiger partial charge in [-0.15, -0.1) is 0 Å². The summed E-state index contributed by atoms with van der Waals surface area (Å²) in [7, 11) is 0. The van der Waals surface area contributed by atoms with Crippen molar-refractivity contribution in [3.63, 3.8) is 0 Å². The van der Waals surface area contributed by atoms with Crippen LogP contribution in [0.1, 0.15) is 11.6 Å². The Labute approximate surface area is 129 Å². The molecule has 1 N–H and O–H groups in total. The number of rotatable bonds is 2. The van der Waals surface area contributed by atoms with Crippen LogP contribution in [-0.2, 0) is 0 Å². The van der Waals surface area contributed by atoms with Crippen LogP contribution in [0.2, 0.25) is 0 Å². The molecule has 3 heterocycles. The van der Waals surface area contributed by atoms with Gasteiger partial charge in [-0.1, -0.05) is 0 Å². The number of hydrogen-bond donors (Lipinski definition) is 1. The van der Waals surface area contributed by atoms with Crippen LogP contribution in [0.5, 0.6) is 0 Å². The highest BCUT2D eigenvalue weighted by molar-refractivity contribution is 9.10. The third kappa shape index (κ3) is 2.12. The molecule has 2 aliphatic rings. The molecule has 1 saturated heterocycles. The molecule has 2 aromatic rings. The second-order valence-electron chi connectivity index (χ2n) is 5.56. The lowest BCUT2D eigenvalue weighted by Crippen LogP contribution is -2.29. The van der Waals surface area contributed by atoms with Gasteiger partial charge in [-0.3, -0.25) is 0 Å². The standard InChI is InChI=1S/C14H13BrN4O2/c15-8-1-2-12(16-5-8)19-4-3-11(17-19)13-9-6-18(14(20)21)7-10(9)13/h1-5,9-10,13H,6-7H2,(H,20,21)/t9-,10+,13?. The third-order valence-corrected chi connectivity index (χ3v) is 4.83. The third-order valence-electron chi connectivity index (χ3n) is 4.36. The Kier molecular flexibility index (Phi) is 2.78. The number of likely N-dealkylation sites (tertiary alicyclic amines) is 1. The molecule has 3 atom stereocenters. The second kappa shape index (κ2) is 4.56. The number of aromatic nitrogens is 3. The summed E-state index contributed by atoms with van der Waals surface area (Å²) in [5, 5.41) is 13.6. The predicted octanol–water partition coefficient (Wildman–Crippen LogP) is 2.35. The van der Waals surface area contributed by atoms with Crippen molar-refractivity contribution < 1.29 is 9.90 Å². The molecule has 7 heteroatoms. The van der Waals surface area contributed by atoms with E-state index in [1.54, 1.807) is 10.9 Å². The van der Waals surface area contributed by atoms with E-state index in [4.69, 9.17) is 5.11 Å². The molecule has 6 nitrogen and oxygen atoms in total. The Morgan fingerprint density at radius 3 is 2.67 bits per heavy atom.